The monoisotopic (exact) mass is 419 g/mol. The van der Waals surface area contributed by atoms with Crippen molar-refractivity contribution >= 4 is 43.5 Å². The first-order valence-corrected chi connectivity index (χ1v) is 8.26. The van der Waals surface area contributed by atoms with E-state index in [1.54, 1.807) is 6.20 Å². The van der Waals surface area contributed by atoms with Gasteiger partial charge < -0.3 is 5.32 Å². The van der Waals surface area contributed by atoms with Gasteiger partial charge in [0.2, 0.25) is 0 Å². The van der Waals surface area contributed by atoms with Gasteiger partial charge in [-0.05, 0) is 44.7 Å². The van der Waals surface area contributed by atoms with Crippen LogP contribution in [0.3, 0.4) is 0 Å². The van der Waals surface area contributed by atoms with Crippen molar-refractivity contribution < 1.29 is 0 Å². The summed E-state index contributed by atoms with van der Waals surface area (Å²) in [5.41, 5.74) is 2.10. The summed E-state index contributed by atoms with van der Waals surface area (Å²) in [5.74, 6) is 0. The number of hydrogen-bond donors (Lipinski definition) is 1. The summed E-state index contributed by atoms with van der Waals surface area (Å²) in [5, 5.41) is 8.38. The predicted molar refractivity (Wildman–Crippen MR) is 90.4 cm³/mol. The minimum Gasteiger partial charge on any atom is -0.308 e. The lowest BCUT2D eigenvalue weighted by molar-refractivity contribution is 0.484. The fourth-order valence-electron chi connectivity index (χ4n) is 2.24. The quantitative estimate of drug-likeness (QED) is 0.757. The van der Waals surface area contributed by atoms with Crippen molar-refractivity contribution in [2.75, 3.05) is 7.05 Å². The molecule has 0 aliphatic carbocycles. The van der Waals surface area contributed by atoms with E-state index in [1.807, 2.05) is 17.8 Å². The fourth-order valence-corrected chi connectivity index (χ4v) is 3.80. The number of nitrogens with zero attached hydrogens (tertiary/aromatic N) is 2. The SMILES string of the molecule is CNC(c1cc(Br)cc(Br)c1)c1c(Cl)cnn1C(C)C. The number of hydrogen-bond acceptors (Lipinski definition) is 2. The molecule has 0 aliphatic rings. The molecule has 0 saturated carbocycles. The zero-order valence-corrected chi connectivity index (χ0v) is 15.4. The molecule has 3 nitrogen and oxygen atoms in total. The van der Waals surface area contributed by atoms with Gasteiger partial charge in [-0.3, -0.25) is 4.68 Å². The molecule has 0 bridgehead atoms. The van der Waals surface area contributed by atoms with E-state index < -0.39 is 0 Å². The van der Waals surface area contributed by atoms with Crippen molar-refractivity contribution in [3.63, 3.8) is 0 Å². The van der Waals surface area contributed by atoms with E-state index in [9.17, 15) is 0 Å². The van der Waals surface area contributed by atoms with Crippen LogP contribution in [0.2, 0.25) is 5.02 Å². The normalized spacial score (nSPS) is 12.9. The van der Waals surface area contributed by atoms with Crippen LogP contribution in [0.15, 0.2) is 33.3 Å². The van der Waals surface area contributed by atoms with Crippen LogP contribution in [-0.4, -0.2) is 16.8 Å². The van der Waals surface area contributed by atoms with E-state index in [2.05, 4.69) is 68.3 Å². The van der Waals surface area contributed by atoms with E-state index in [0.717, 1.165) is 20.2 Å². The lowest BCUT2D eigenvalue weighted by atomic mass is 10.0. The Morgan fingerprint density at radius 1 is 1.20 bits per heavy atom. The molecule has 0 saturated heterocycles. The van der Waals surface area contributed by atoms with Crippen molar-refractivity contribution in [1.29, 1.82) is 0 Å². The average molecular weight is 422 g/mol. The van der Waals surface area contributed by atoms with Gasteiger partial charge in [-0.15, -0.1) is 0 Å². The lowest BCUT2D eigenvalue weighted by Crippen LogP contribution is -2.22. The van der Waals surface area contributed by atoms with Crippen LogP contribution >= 0.6 is 43.5 Å². The summed E-state index contributed by atoms with van der Waals surface area (Å²) in [7, 11) is 1.92. The molecule has 0 aliphatic heterocycles. The van der Waals surface area contributed by atoms with Crippen LogP contribution in [0.1, 0.15) is 37.2 Å². The van der Waals surface area contributed by atoms with Gasteiger partial charge in [0.1, 0.15) is 0 Å². The third kappa shape index (κ3) is 3.27. The molecule has 1 heterocycles. The van der Waals surface area contributed by atoms with Crippen molar-refractivity contribution in [1.82, 2.24) is 15.1 Å². The number of halogens is 3. The van der Waals surface area contributed by atoms with Crippen molar-refractivity contribution in [2.24, 2.45) is 0 Å². The number of aromatic nitrogens is 2. The highest BCUT2D eigenvalue weighted by Crippen LogP contribution is 2.32. The fraction of sp³-hybridized carbons (Fsp3) is 0.357. The van der Waals surface area contributed by atoms with Gasteiger partial charge in [0.25, 0.3) is 0 Å². The maximum atomic E-state index is 6.35. The summed E-state index contributed by atoms with van der Waals surface area (Å²) in [6, 6.07) is 6.42. The minimum absolute atomic E-state index is 0.0128. The lowest BCUT2D eigenvalue weighted by Gasteiger charge is -2.21. The van der Waals surface area contributed by atoms with Gasteiger partial charge in [0.15, 0.2) is 0 Å². The molecule has 1 atom stereocenters. The largest absolute Gasteiger partial charge is 0.308 e. The summed E-state index contributed by atoms with van der Waals surface area (Å²) in [4.78, 5) is 0. The molecule has 0 amide bonds. The molecule has 108 valence electrons. The molecule has 0 spiro atoms. The van der Waals surface area contributed by atoms with Crippen LogP contribution < -0.4 is 5.32 Å². The second-order valence-electron chi connectivity index (χ2n) is 4.84. The molecular formula is C14H16Br2ClN3. The maximum Gasteiger partial charge on any atom is 0.0837 e. The second kappa shape index (κ2) is 6.60. The Morgan fingerprint density at radius 3 is 2.30 bits per heavy atom. The number of nitrogens with one attached hydrogen (secondary N) is 1. The summed E-state index contributed by atoms with van der Waals surface area (Å²) in [6.07, 6.45) is 1.70. The highest BCUT2D eigenvalue weighted by Gasteiger charge is 2.22. The Bertz CT molecular complexity index is 590. The molecule has 1 aromatic heterocycles. The Kier molecular flexibility index (Phi) is 5.29. The molecule has 0 fully saturated rings. The molecule has 20 heavy (non-hydrogen) atoms. The van der Waals surface area contributed by atoms with Crippen LogP contribution in [0.25, 0.3) is 0 Å². The average Bonchev–Trinajstić information content (AvgIpc) is 2.72. The van der Waals surface area contributed by atoms with Gasteiger partial charge in [0.05, 0.1) is 23.0 Å². The van der Waals surface area contributed by atoms with Gasteiger partial charge in [-0.1, -0.05) is 43.5 Å². The van der Waals surface area contributed by atoms with E-state index >= 15 is 0 Å². The first-order chi connectivity index (χ1) is 9.43. The van der Waals surface area contributed by atoms with E-state index in [4.69, 9.17) is 11.6 Å². The molecule has 2 rings (SSSR count). The Balaban J connectivity index is 2.55. The minimum atomic E-state index is -0.0128. The molecule has 6 heteroatoms. The zero-order valence-electron chi connectivity index (χ0n) is 11.5. The third-order valence-corrected chi connectivity index (χ3v) is 4.26. The highest BCUT2D eigenvalue weighted by molar-refractivity contribution is 9.11. The van der Waals surface area contributed by atoms with E-state index in [1.165, 1.54) is 0 Å². The third-order valence-electron chi connectivity index (χ3n) is 3.06. The molecule has 1 aromatic carbocycles. The van der Waals surface area contributed by atoms with Crippen LogP contribution in [0.5, 0.6) is 0 Å². The molecule has 2 aromatic rings. The topological polar surface area (TPSA) is 29.9 Å². The smallest absolute Gasteiger partial charge is 0.0837 e. The standard InChI is InChI=1S/C14H16Br2ClN3/c1-8(2)20-14(12(17)7-19-20)13(18-3)9-4-10(15)6-11(16)5-9/h4-8,13,18H,1-3H3. The molecule has 1 unspecified atom stereocenters. The van der Waals surface area contributed by atoms with Crippen LogP contribution in [0.4, 0.5) is 0 Å². The Labute approximate surface area is 141 Å². The predicted octanol–water partition coefficient (Wildman–Crippen LogP) is 4.95. The first-order valence-electron chi connectivity index (χ1n) is 6.30. The zero-order chi connectivity index (χ0) is 14.9. The van der Waals surface area contributed by atoms with E-state index in [0.29, 0.717) is 5.02 Å². The van der Waals surface area contributed by atoms with E-state index in [-0.39, 0.29) is 12.1 Å². The number of rotatable bonds is 4. The van der Waals surface area contributed by atoms with Gasteiger partial charge in [-0.2, -0.15) is 5.10 Å². The first kappa shape index (κ1) is 16.0. The van der Waals surface area contributed by atoms with Gasteiger partial charge >= 0.3 is 0 Å². The van der Waals surface area contributed by atoms with Crippen molar-refractivity contribution in [2.45, 2.75) is 25.9 Å². The summed E-state index contributed by atoms with van der Waals surface area (Å²) < 4.78 is 4.00. The molecule has 0 radical (unpaired) electrons. The second-order valence-corrected chi connectivity index (χ2v) is 7.08. The molecular weight excluding hydrogens is 405 g/mol. The van der Waals surface area contributed by atoms with Gasteiger partial charge in [-0.25, -0.2) is 0 Å². The maximum absolute atomic E-state index is 6.35. The summed E-state index contributed by atoms with van der Waals surface area (Å²) in [6.45, 7) is 4.19. The van der Waals surface area contributed by atoms with Crippen molar-refractivity contribution in [3.05, 3.63) is 49.6 Å². The molecule has 1 N–H and O–H groups in total. The van der Waals surface area contributed by atoms with Crippen LogP contribution in [0, 0.1) is 0 Å². The van der Waals surface area contributed by atoms with Gasteiger partial charge in [0, 0.05) is 15.0 Å². The Morgan fingerprint density at radius 2 is 1.80 bits per heavy atom. The number of benzene rings is 1. The Hall–Kier alpha value is -0.360. The van der Waals surface area contributed by atoms with Crippen LogP contribution in [-0.2, 0) is 0 Å². The highest BCUT2D eigenvalue weighted by atomic mass is 79.9. The van der Waals surface area contributed by atoms with Crippen molar-refractivity contribution in [3.8, 4) is 0 Å². The summed E-state index contributed by atoms with van der Waals surface area (Å²) >= 11 is 13.4.